The molecule has 1 N–H and O–H groups in total. The van der Waals surface area contributed by atoms with Gasteiger partial charge in [-0.3, -0.25) is 14.3 Å². The summed E-state index contributed by atoms with van der Waals surface area (Å²) in [6, 6.07) is 15.3. The van der Waals surface area contributed by atoms with Crippen molar-refractivity contribution in [2.24, 2.45) is 13.0 Å². The summed E-state index contributed by atoms with van der Waals surface area (Å²) in [5.74, 6) is 0.776. The number of aromatic nitrogens is 2. The maximum atomic E-state index is 12.9. The van der Waals surface area contributed by atoms with Gasteiger partial charge in [0.15, 0.2) is 11.5 Å². The second-order valence-corrected chi connectivity index (χ2v) is 7.40. The van der Waals surface area contributed by atoms with Crippen LogP contribution in [0.2, 0.25) is 0 Å². The van der Waals surface area contributed by atoms with Crippen LogP contribution >= 0.6 is 0 Å². The molecule has 0 radical (unpaired) electrons. The Labute approximate surface area is 169 Å². The van der Waals surface area contributed by atoms with Crippen LogP contribution in [0.15, 0.2) is 59.2 Å². The summed E-state index contributed by atoms with van der Waals surface area (Å²) in [4.78, 5) is 26.9. The van der Waals surface area contributed by atoms with Crippen molar-refractivity contribution in [1.29, 1.82) is 0 Å². The normalized spacial score (nSPS) is 14.7. The maximum absolute atomic E-state index is 12.9. The van der Waals surface area contributed by atoms with Crippen molar-refractivity contribution in [1.82, 2.24) is 14.7 Å². The van der Waals surface area contributed by atoms with Crippen LogP contribution in [0, 0.1) is 5.92 Å². The number of carbonyl (C=O) groups excluding carboxylic acids is 2. The van der Waals surface area contributed by atoms with Crippen molar-refractivity contribution in [3.8, 4) is 0 Å². The Hall–Kier alpha value is -3.35. The third-order valence-corrected chi connectivity index (χ3v) is 5.35. The van der Waals surface area contributed by atoms with Gasteiger partial charge < -0.3 is 14.6 Å². The number of benzene rings is 1. The quantitative estimate of drug-likeness (QED) is 0.722. The maximum Gasteiger partial charge on any atom is 0.292 e. The minimum Gasteiger partial charge on any atom is -0.459 e. The van der Waals surface area contributed by atoms with Crippen LogP contribution in [-0.2, 0) is 13.5 Å². The molecule has 0 bridgehead atoms. The van der Waals surface area contributed by atoms with Gasteiger partial charge in [0, 0.05) is 26.2 Å². The van der Waals surface area contributed by atoms with Gasteiger partial charge in [-0.2, -0.15) is 5.10 Å². The molecule has 3 aromatic rings. The van der Waals surface area contributed by atoms with E-state index in [0.29, 0.717) is 17.4 Å². The summed E-state index contributed by atoms with van der Waals surface area (Å²) in [7, 11) is 1.70. The van der Waals surface area contributed by atoms with Gasteiger partial charge in [-0.25, -0.2) is 0 Å². The van der Waals surface area contributed by atoms with Crippen molar-refractivity contribution in [2.45, 2.75) is 19.3 Å². The highest BCUT2D eigenvalue weighted by atomic mass is 16.3. The fourth-order valence-electron chi connectivity index (χ4n) is 3.72. The molecule has 150 valence electrons. The summed E-state index contributed by atoms with van der Waals surface area (Å²) in [5, 5.41) is 7.01. The topological polar surface area (TPSA) is 80.4 Å². The lowest BCUT2D eigenvalue weighted by molar-refractivity contribution is 0.0683. The van der Waals surface area contributed by atoms with Crippen molar-refractivity contribution in [3.63, 3.8) is 0 Å². The summed E-state index contributed by atoms with van der Waals surface area (Å²) in [6.45, 7) is 1.45. The average Bonchev–Trinajstić information content (AvgIpc) is 3.39. The Morgan fingerprint density at radius 3 is 2.59 bits per heavy atom. The molecule has 7 nitrogen and oxygen atoms in total. The highest BCUT2D eigenvalue weighted by molar-refractivity contribution is 6.02. The molecule has 29 heavy (non-hydrogen) atoms. The molecule has 1 aliphatic heterocycles. The zero-order valence-electron chi connectivity index (χ0n) is 16.4. The van der Waals surface area contributed by atoms with E-state index in [2.05, 4.69) is 34.7 Å². The molecule has 1 fully saturated rings. The fourth-order valence-corrected chi connectivity index (χ4v) is 3.72. The number of piperidine rings is 1. The van der Waals surface area contributed by atoms with Crippen LogP contribution in [0.3, 0.4) is 0 Å². The standard InChI is InChI=1S/C22H24N4O3/c1-25-20(23-21(27)19-8-5-13-29-19)15-18(24-25)22(28)26-11-9-17(10-12-26)14-16-6-3-2-4-7-16/h2-8,13,15,17H,9-12,14H2,1H3,(H,23,27). The predicted molar refractivity (Wildman–Crippen MR) is 109 cm³/mol. The zero-order valence-corrected chi connectivity index (χ0v) is 16.4. The lowest BCUT2D eigenvalue weighted by Gasteiger charge is -2.31. The fraction of sp³-hybridized carbons (Fsp3) is 0.318. The van der Waals surface area contributed by atoms with Crippen molar-refractivity contribution in [2.75, 3.05) is 18.4 Å². The van der Waals surface area contributed by atoms with E-state index in [1.54, 1.807) is 25.2 Å². The Morgan fingerprint density at radius 2 is 1.90 bits per heavy atom. The molecule has 1 aromatic carbocycles. The highest BCUT2D eigenvalue weighted by Crippen LogP contribution is 2.23. The number of rotatable bonds is 5. The number of amides is 2. The molecule has 2 aromatic heterocycles. The third kappa shape index (κ3) is 4.39. The Balaban J connectivity index is 1.35. The van der Waals surface area contributed by atoms with Gasteiger partial charge in [0.05, 0.1) is 6.26 Å². The van der Waals surface area contributed by atoms with Gasteiger partial charge in [-0.05, 0) is 42.9 Å². The number of hydrogen-bond donors (Lipinski definition) is 1. The highest BCUT2D eigenvalue weighted by Gasteiger charge is 2.26. The molecule has 3 heterocycles. The van der Waals surface area contributed by atoms with E-state index >= 15 is 0 Å². The van der Waals surface area contributed by atoms with Gasteiger partial charge >= 0.3 is 0 Å². The second kappa shape index (κ2) is 8.34. The van der Waals surface area contributed by atoms with Crippen LogP contribution in [-0.4, -0.2) is 39.6 Å². The molecular formula is C22H24N4O3. The first kappa shape index (κ1) is 19.0. The molecule has 0 unspecified atom stereocenters. The number of furan rings is 1. The SMILES string of the molecule is Cn1nc(C(=O)N2CCC(Cc3ccccc3)CC2)cc1NC(=O)c1ccco1. The van der Waals surface area contributed by atoms with Crippen molar-refractivity contribution >= 4 is 17.6 Å². The van der Waals surface area contributed by atoms with Crippen molar-refractivity contribution in [3.05, 3.63) is 71.8 Å². The van der Waals surface area contributed by atoms with Gasteiger partial charge in [0.1, 0.15) is 5.82 Å². The Bertz CT molecular complexity index is 971. The summed E-state index contributed by atoms with van der Waals surface area (Å²) >= 11 is 0. The van der Waals surface area contributed by atoms with Crippen LogP contribution < -0.4 is 5.32 Å². The smallest absolute Gasteiger partial charge is 0.292 e. The van der Waals surface area contributed by atoms with E-state index in [9.17, 15) is 9.59 Å². The van der Waals surface area contributed by atoms with E-state index in [0.717, 1.165) is 32.4 Å². The van der Waals surface area contributed by atoms with E-state index < -0.39 is 0 Å². The van der Waals surface area contributed by atoms with Crippen LogP contribution in [0.5, 0.6) is 0 Å². The number of aryl methyl sites for hydroxylation is 1. The number of anilines is 1. The molecular weight excluding hydrogens is 368 g/mol. The van der Waals surface area contributed by atoms with Crippen LogP contribution in [0.25, 0.3) is 0 Å². The third-order valence-electron chi connectivity index (χ3n) is 5.35. The van der Waals surface area contributed by atoms with Gasteiger partial charge in [0.2, 0.25) is 0 Å². The number of carbonyl (C=O) groups is 2. The van der Waals surface area contributed by atoms with Gasteiger partial charge in [0.25, 0.3) is 11.8 Å². The Kier molecular flexibility index (Phi) is 5.46. The molecule has 0 spiro atoms. The lowest BCUT2D eigenvalue weighted by atomic mass is 9.90. The zero-order chi connectivity index (χ0) is 20.2. The number of nitrogens with one attached hydrogen (secondary N) is 1. The minimum atomic E-state index is -0.376. The molecule has 1 aliphatic rings. The number of nitrogens with zero attached hydrogens (tertiary/aromatic N) is 3. The molecule has 7 heteroatoms. The largest absolute Gasteiger partial charge is 0.459 e. The summed E-state index contributed by atoms with van der Waals surface area (Å²) in [6.07, 6.45) is 4.45. The molecule has 0 aliphatic carbocycles. The summed E-state index contributed by atoms with van der Waals surface area (Å²) in [5.41, 5.74) is 1.68. The molecule has 0 saturated carbocycles. The molecule has 4 rings (SSSR count). The average molecular weight is 392 g/mol. The molecule has 0 atom stereocenters. The summed E-state index contributed by atoms with van der Waals surface area (Å²) < 4.78 is 6.59. The van der Waals surface area contributed by atoms with Crippen LogP contribution in [0.1, 0.15) is 39.4 Å². The molecule has 2 amide bonds. The number of likely N-dealkylation sites (tertiary alicyclic amines) is 1. The first-order chi connectivity index (χ1) is 14.1. The Morgan fingerprint density at radius 1 is 1.14 bits per heavy atom. The number of hydrogen-bond acceptors (Lipinski definition) is 4. The first-order valence-corrected chi connectivity index (χ1v) is 9.82. The van der Waals surface area contributed by atoms with E-state index in [4.69, 9.17) is 4.42 Å². The first-order valence-electron chi connectivity index (χ1n) is 9.82. The second-order valence-electron chi connectivity index (χ2n) is 7.40. The van der Waals surface area contributed by atoms with Gasteiger partial charge in [-0.15, -0.1) is 0 Å². The van der Waals surface area contributed by atoms with Crippen molar-refractivity contribution < 1.29 is 14.0 Å². The van der Waals surface area contributed by atoms with Crippen LogP contribution in [0.4, 0.5) is 5.82 Å². The monoisotopic (exact) mass is 392 g/mol. The van der Waals surface area contributed by atoms with Gasteiger partial charge in [-0.1, -0.05) is 30.3 Å². The van der Waals surface area contributed by atoms with E-state index in [1.807, 2.05) is 11.0 Å². The minimum absolute atomic E-state index is 0.0998. The molecule has 1 saturated heterocycles. The predicted octanol–water partition coefficient (Wildman–Crippen LogP) is 3.36. The van der Waals surface area contributed by atoms with E-state index in [-0.39, 0.29) is 17.6 Å². The van der Waals surface area contributed by atoms with E-state index in [1.165, 1.54) is 16.5 Å². The lowest BCUT2D eigenvalue weighted by Crippen LogP contribution is -2.39.